The average Bonchev–Trinajstić information content (AvgIpc) is 2.62. The van der Waals surface area contributed by atoms with Crippen LogP contribution < -0.4 is 15.8 Å². The molecule has 0 saturated carbocycles. The number of hydrogen-bond acceptors (Lipinski definition) is 6. The van der Waals surface area contributed by atoms with Crippen molar-refractivity contribution in [2.45, 2.75) is 66.2 Å². The summed E-state index contributed by atoms with van der Waals surface area (Å²) in [5, 5.41) is 3.33. The zero-order chi connectivity index (χ0) is 20.1. The molecule has 27 heavy (non-hydrogen) atoms. The van der Waals surface area contributed by atoms with Gasteiger partial charge in [-0.15, -0.1) is 0 Å². The van der Waals surface area contributed by atoms with E-state index in [4.69, 9.17) is 15.5 Å². The van der Waals surface area contributed by atoms with Gasteiger partial charge in [-0.05, 0) is 71.5 Å². The maximum atomic E-state index is 6.00. The number of halogens is 2. The van der Waals surface area contributed by atoms with Crippen LogP contribution in [0.4, 0.5) is 5.82 Å². The molecule has 0 radical (unpaired) electrons. The highest BCUT2D eigenvalue weighted by Crippen LogP contribution is 2.34. The van der Waals surface area contributed by atoms with E-state index in [1.165, 1.54) is 0 Å². The molecule has 2 aromatic heterocycles. The van der Waals surface area contributed by atoms with Crippen LogP contribution in [0.1, 0.15) is 51.9 Å². The Labute approximate surface area is 178 Å². The number of rotatable bonds is 8. The number of nitrogens with two attached hydrogens (primary N) is 1. The van der Waals surface area contributed by atoms with Crippen LogP contribution in [0.5, 0.6) is 5.88 Å². The van der Waals surface area contributed by atoms with Crippen LogP contribution in [0.25, 0.3) is 11.3 Å². The third-order valence-corrected chi connectivity index (χ3v) is 5.28. The predicted octanol–water partition coefficient (Wildman–Crippen LogP) is 5.22. The van der Waals surface area contributed by atoms with Gasteiger partial charge in [0.05, 0.1) is 10.6 Å². The Morgan fingerprint density at radius 1 is 1.15 bits per heavy atom. The van der Waals surface area contributed by atoms with Crippen molar-refractivity contribution in [3.63, 3.8) is 0 Å². The van der Waals surface area contributed by atoms with Crippen molar-refractivity contribution < 1.29 is 4.74 Å². The Bertz CT molecular complexity index is 794. The summed E-state index contributed by atoms with van der Waals surface area (Å²) in [5.74, 6) is 1.30. The molecule has 0 bridgehead atoms. The third kappa shape index (κ3) is 5.39. The second-order valence-corrected chi connectivity index (χ2v) is 8.23. The number of pyridine rings is 1. The number of anilines is 1. The molecule has 6 nitrogen and oxygen atoms in total. The number of ether oxygens (including phenoxy) is 1. The molecule has 8 heteroatoms. The Morgan fingerprint density at radius 2 is 1.81 bits per heavy atom. The molecule has 0 spiro atoms. The molecular weight excluding hydrogens is 474 g/mol. The lowest BCUT2D eigenvalue weighted by Gasteiger charge is -2.18. The second-order valence-electron chi connectivity index (χ2n) is 6.63. The van der Waals surface area contributed by atoms with Crippen molar-refractivity contribution in [3.8, 4) is 17.1 Å². The first-order valence-electron chi connectivity index (χ1n) is 9.17. The molecular formula is C19H27Br2N5O. The van der Waals surface area contributed by atoms with Gasteiger partial charge in [-0.25, -0.2) is 15.0 Å². The summed E-state index contributed by atoms with van der Waals surface area (Å²) in [6, 6.07) is 2.29. The van der Waals surface area contributed by atoms with Crippen LogP contribution in [0.2, 0.25) is 0 Å². The van der Waals surface area contributed by atoms with Gasteiger partial charge in [0.1, 0.15) is 21.8 Å². The minimum Gasteiger partial charge on any atom is -0.473 e. The fourth-order valence-corrected chi connectivity index (χ4v) is 3.54. The lowest BCUT2D eigenvalue weighted by molar-refractivity contribution is 0.181. The largest absolute Gasteiger partial charge is 0.473 e. The molecule has 0 atom stereocenters. The SMILES string of the molecule is CCC(CC)Oc1nc(Br)c(-c2cc(Br)c(NC(C)C)nc2C)nc1CN. The molecule has 2 rings (SSSR count). The molecule has 0 aliphatic heterocycles. The maximum Gasteiger partial charge on any atom is 0.238 e. The van der Waals surface area contributed by atoms with Crippen molar-refractivity contribution in [1.29, 1.82) is 0 Å². The molecule has 148 valence electrons. The Kier molecular flexibility index (Phi) is 8.00. The summed E-state index contributed by atoms with van der Waals surface area (Å²) in [5.41, 5.74) is 9.01. The smallest absolute Gasteiger partial charge is 0.238 e. The van der Waals surface area contributed by atoms with Crippen LogP contribution in [0.15, 0.2) is 15.1 Å². The van der Waals surface area contributed by atoms with Gasteiger partial charge >= 0.3 is 0 Å². The first-order chi connectivity index (χ1) is 12.8. The highest BCUT2D eigenvalue weighted by molar-refractivity contribution is 9.10. The number of nitrogens with zero attached hydrogens (tertiary/aromatic N) is 3. The molecule has 0 aromatic carbocycles. The molecule has 2 heterocycles. The Balaban J connectivity index is 2.48. The highest BCUT2D eigenvalue weighted by atomic mass is 79.9. The fourth-order valence-electron chi connectivity index (χ4n) is 2.64. The summed E-state index contributed by atoms with van der Waals surface area (Å²) in [6.07, 6.45) is 1.91. The van der Waals surface area contributed by atoms with E-state index >= 15 is 0 Å². The summed E-state index contributed by atoms with van der Waals surface area (Å²) in [6.45, 7) is 10.5. The maximum absolute atomic E-state index is 6.00. The van der Waals surface area contributed by atoms with Gasteiger partial charge in [-0.1, -0.05) is 13.8 Å². The topological polar surface area (TPSA) is 86.0 Å². The average molecular weight is 501 g/mol. The van der Waals surface area contributed by atoms with E-state index in [1.807, 2.05) is 13.0 Å². The van der Waals surface area contributed by atoms with Crippen LogP contribution in [0, 0.1) is 6.92 Å². The summed E-state index contributed by atoms with van der Waals surface area (Å²) in [4.78, 5) is 14.0. The Hall–Kier alpha value is -1.25. The van der Waals surface area contributed by atoms with Gasteiger partial charge < -0.3 is 15.8 Å². The lowest BCUT2D eigenvalue weighted by Crippen LogP contribution is -2.18. The van der Waals surface area contributed by atoms with Crippen LogP contribution in [-0.2, 0) is 6.54 Å². The standard InChI is InChI=1S/C19H27Br2N5O/c1-6-12(7-2)27-19-15(9-22)25-16(17(21)26-19)13-8-14(20)18(23-10(3)4)24-11(13)5/h8,10,12H,6-7,9,22H2,1-5H3,(H,23,24). The van der Waals surface area contributed by atoms with E-state index in [0.29, 0.717) is 21.9 Å². The monoisotopic (exact) mass is 499 g/mol. The first kappa shape index (κ1) is 22.0. The van der Waals surface area contributed by atoms with E-state index in [2.05, 4.69) is 74.8 Å². The van der Waals surface area contributed by atoms with E-state index in [0.717, 1.165) is 34.4 Å². The predicted molar refractivity (Wildman–Crippen MR) is 117 cm³/mol. The summed E-state index contributed by atoms with van der Waals surface area (Å²) < 4.78 is 7.49. The molecule has 3 N–H and O–H groups in total. The van der Waals surface area contributed by atoms with Crippen molar-refractivity contribution in [3.05, 3.63) is 26.5 Å². The van der Waals surface area contributed by atoms with Crippen LogP contribution in [-0.4, -0.2) is 27.1 Å². The summed E-state index contributed by atoms with van der Waals surface area (Å²) >= 11 is 7.14. The fraction of sp³-hybridized carbons (Fsp3) is 0.526. The van der Waals surface area contributed by atoms with Gasteiger partial charge in [0.25, 0.3) is 0 Å². The molecule has 2 aromatic rings. The van der Waals surface area contributed by atoms with Gasteiger partial charge in [-0.3, -0.25) is 0 Å². The van der Waals surface area contributed by atoms with Crippen LogP contribution >= 0.6 is 31.9 Å². The Morgan fingerprint density at radius 3 is 2.37 bits per heavy atom. The quantitative estimate of drug-likeness (QED) is 0.516. The zero-order valence-electron chi connectivity index (χ0n) is 16.4. The van der Waals surface area contributed by atoms with Crippen molar-refractivity contribution >= 4 is 37.7 Å². The lowest BCUT2D eigenvalue weighted by atomic mass is 10.1. The normalized spacial score (nSPS) is 11.3. The molecule has 0 saturated heterocycles. The van der Waals surface area contributed by atoms with Crippen molar-refractivity contribution in [1.82, 2.24) is 15.0 Å². The number of hydrogen-bond donors (Lipinski definition) is 2. The molecule has 0 aliphatic carbocycles. The number of aromatic nitrogens is 3. The minimum absolute atomic E-state index is 0.0984. The van der Waals surface area contributed by atoms with E-state index < -0.39 is 0 Å². The van der Waals surface area contributed by atoms with E-state index in [9.17, 15) is 0 Å². The van der Waals surface area contributed by atoms with Crippen molar-refractivity contribution in [2.24, 2.45) is 5.73 Å². The second kappa shape index (κ2) is 9.80. The van der Waals surface area contributed by atoms with Crippen molar-refractivity contribution in [2.75, 3.05) is 5.32 Å². The minimum atomic E-state index is 0.0984. The van der Waals surface area contributed by atoms with Gasteiger partial charge in [0.15, 0.2) is 0 Å². The number of aryl methyl sites for hydroxylation is 1. The zero-order valence-corrected chi connectivity index (χ0v) is 19.6. The van der Waals surface area contributed by atoms with Gasteiger partial charge in [-0.2, -0.15) is 0 Å². The van der Waals surface area contributed by atoms with Gasteiger partial charge in [0.2, 0.25) is 5.88 Å². The van der Waals surface area contributed by atoms with E-state index in [-0.39, 0.29) is 18.7 Å². The number of nitrogens with one attached hydrogen (secondary N) is 1. The molecule has 0 fully saturated rings. The molecule has 0 unspecified atom stereocenters. The first-order valence-corrected chi connectivity index (χ1v) is 10.8. The van der Waals surface area contributed by atoms with E-state index in [1.54, 1.807) is 0 Å². The highest BCUT2D eigenvalue weighted by Gasteiger charge is 2.19. The molecule has 0 aliphatic rings. The van der Waals surface area contributed by atoms with Crippen LogP contribution in [0.3, 0.4) is 0 Å². The molecule has 0 amide bonds. The third-order valence-electron chi connectivity index (χ3n) is 4.12. The van der Waals surface area contributed by atoms with Gasteiger partial charge in [0, 0.05) is 23.8 Å². The summed E-state index contributed by atoms with van der Waals surface area (Å²) in [7, 11) is 0.